The molecule has 5 nitrogen and oxygen atoms in total. The van der Waals surface area contributed by atoms with E-state index in [0.717, 1.165) is 29.8 Å². The zero-order valence-electron chi connectivity index (χ0n) is 15.4. The third kappa shape index (κ3) is 5.54. The van der Waals surface area contributed by atoms with Crippen LogP contribution in [0.4, 0.5) is 15.8 Å². The largest absolute Gasteiger partial charge is 0.362 e. The Kier molecular flexibility index (Phi) is 6.06. The minimum absolute atomic E-state index is 0.0640. The van der Waals surface area contributed by atoms with Gasteiger partial charge < -0.3 is 15.5 Å². The van der Waals surface area contributed by atoms with E-state index in [0.29, 0.717) is 13.1 Å². The molecule has 2 aromatic carbocycles. The van der Waals surface area contributed by atoms with Gasteiger partial charge in [-0.05, 0) is 61.7 Å². The Hall–Kier alpha value is -2.89. The van der Waals surface area contributed by atoms with Gasteiger partial charge in [-0.25, -0.2) is 4.39 Å². The highest BCUT2D eigenvalue weighted by Crippen LogP contribution is 2.30. The van der Waals surface area contributed by atoms with Crippen LogP contribution in [0.1, 0.15) is 25.3 Å². The number of nitrogens with one attached hydrogen (secondary N) is 2. The standard InChI is InChI=1S/C21H24FN3O2/c1-2-25(19-10-8-17(22)9-11-19)14-20(26)23-13-15-4-3-5-18(12-15)24-21(27)16-6-7-16/h3-5,8-12,16H,2,6-7,13-14H2,1H3,(H,23,26)(H,24,27). The van der Waals surface area contributed by atoms with Gasteiger partial charge in [-0.1, -0.05) is 12.1 Å². The van der Waals surface area contributed by atoms with E-state index in [1.54, 1.807) is 12.1 Å². The first-order chi connectivity index (χ1) is 13.0. The molecule has 3 rings (SSSR count). The van der Waals surface area contributed by atoms with Crippen LogP contribution >= 0.6 is 0 Å². The van der Waals surface area contributed by atoms with Crippen LogP contribution in [0.25, 0.3) is 0 Å². The first-order valence-corrected chi connectivity index (χ1v) is 9.22. The van der Waals surface area contributed by atoms with Crippen molar-refractivity contribution in [2.24, 2.45) is 5.92 Å². The van der Waals surface area contributed by atoms with Gasteiger partial charge in [0.25, 0.3) is 0 Å². The normalized spacial score (nSPS) is 13.1. The van der Waals surface area contributed by atoms with E-state index in [1.165, 1.54) is 12.1 Å². The smallest absolute Gasteiger partial charge is 0.239 e. The Bertz CT molecular complexity index is 803. The number of likely N-dealkylation sites (N-methyl/N-ethyl adjacent to an activating group) is 1. The lowest BCUT2D eigenvalue weighted by Gasteiger charge is -2.22. The Balaban J connectivity index is 1.52. The number of nitrogens with zero attached hydrogens (tertiary/aromatic N) is 1. The number of hydrogen-bond donors (Lipinski definition) is 2. The molecule has 0 unspecified atom stereocenters. The third-order valence-corrected chi connectivity index (χ3v) is 4.54. The van der Waals surface area contributed by atoms with Crippen molar-refractivity contribution >= 4 is 23.2 Å². The number of hydrogen-bond acceptors (Lipinski definition) is 3. The van der Waals surface area contributed by atoms with Crippen molar-refractivity contribution in [3.8, 4) is 0 Å². The molecule has 0 radical (unpaired) electrons. The van der Waals surface area contributed by atoms with Crippen molar-refractivity contribution in [1.29, 1.82) is 0 Å². The fourth-order valence-corrected chi connectivity index (χ4v) is 2.82. The molecular weight excluding hydrogens is 345 g/mol. The SMILES string of the molecule is CCN(CC(=O)NCc1cccc(NC(=O)C2CC2)c1)c1ccc(F)cc1. The van der Waals surface area contributed by atoms with Crippen LogP contribution in [-0.4, -0.2) is 24.9 Å². The van der Waals surface area contributed by atoms with E-state index >= 15 is 0 Å². The second kappa shape index (κ2) is 8.66. The van der Waals surface area contributed by atoms with Crippen molar-refractivity contribution in [1.82, 2.24) is 5.32 Å². The monoisotopic (exact) mass is 369 g/mol. The molecule has 0 heterocycles. The van der Waals surface area contributed by atoms with E-state index in [9.17, 15) is 14.0 Å². The Morgan fingerprint density at radius 2 is 1.89 bits per heavy atom. The number of halogens is 1. The van der Waals surface area contributed by atoms with E-state index < -0.39 is 0 Å². The zero-order chi connectivity index (χ0) is 19.2. The van der Waals surface area contributed by atoms with Crippen LogP contribution in [-0.2, 0) is 16.1 Å². The van der Waals surface area contributed by atoms with Gasteiger partial charge in [-0.15, -0.1) is 0 Å². The molecular formula is C21H24FN3O2. The topological polar surface area (TPSA) is 61.4 Å². The van der Waals surface area contributed by atoms with E-state index in [1.807, 2.05) is 36.1 Å². The summed E-state index contributed by atoms with van der Waals surface area (Å²) in [4.78, 5) is 26.0. The van der Waals surface area contributed by atoms with Crippen LogP contribution in [0.3, 0.4) is 0 Å². The number of amides is 2. The van der Waals surface area contributed by atoms with Gasteiger partial charge in [0, 0.05) is 30.4 Å². The molecule has 0 bridgehead atoms. The van der Waals surface area contributed by atoms with Crippen LogP contribution in [0.2, 0.25) is 0 Å². The first-order valence-electron chi connectivity index (χ1n) is 9.22. The molecule has 2 aromatic rings. The molecule has 0 aliphatic heterocycles. The molecule has 1 saturated carbocycles. The molecule has 1 fully saturated rings. The summed E-state index contributed by atoms with van der Waals surface area (Å²) in [5, 5.41) is 5.80. The predicted molar refractivity (Wildman–Crippen MR) is 104 cm³/mol. The minimum Gasteiger partial charge on any atom is -0.362 e. The molecule has 0 saturated heterocycles. The van der Waals surface area contributed by atoms with Crippen LogP contribution in [0.5, 0.6) is 0 Å². The van der Waals surface area contributed by atoms with E-state index in [-0.39, 0.29) is 30.1 Å². The van der Waals surface area contributed by atoms with Crippen LogP contribution in [0.15, 0.2) is 48.5 Å². The molecule has 142 valence electrons. The highest BCUT2D eigenvalue weighted by Gasteiger charge is 2.29. The second-order valence-electron chi connectivity index (χ2n) is 6.73. The molecule has 2 amide bonds. The van der Waals surface area contributed by atoms with Gasteiger partial charge in [0.1, 0.15) is 5.82 Å². The van der Waals surface area contributed by atoms with Crippen LogP contribution in [0, 0.1) is 11.7 Å². The number of rotatable bonds is 8. The van der Waals surface area contributed by atoms with E-state index in [2.05, 4.69) is 10.6 Å². The van der Waals surface area contributed by atoms with Gasteiger partial charge in [-0.3, -0.25) is 9.59 Å². The molecule has 1 aliphatic carbocycles. The average Bonchev–Trinajstić information content (AvgIpc) is 3.51. The summed E-state index contributed by atoms with van der Waals surface area (Å²) < 4.78 is 13.1. The quantitative estimate of drug-likeness (QED) is 0.750. The van der Waals surface area contributed by atoms with Crippen molar-refractivity contribution < 1.29 is 14.0 Å². The van der Waals surface area contributed by atoms with Crippen molar-refractivity contribution in [2.45, 2.75) is 26.3 Å². The summed E-state index contributed by atoms with van der Waals surface area (Å²) in [5.74, 6) is -0.199. The maximum absolute atomic E-state index is 13.1. The number of benzene rings is 2. The summed E-state index contributed by atoms with van der Waals surface area (Å²) in [6.45, 7) is 3.16. The second-order valence-corrected chi connectivity index (χ2v) is 6.73. The summed E-state index contributed by atoms with van der Waals surface area (Å²) >= 11 is 0. The van der Waals surface area contributed by atoms with Gasteiger partial charge in [-0.2, -0.15) is 0 Å². The molecule has 2 N–H and O–H groups in total. The maximum atomic E-state index is 13.1. The maximum Gasteiger partial charge on any atom is 0.239 e. The number of carbonyl (C=O) groups is 2. The fourth-order valence-electron chi connectivity index (χ4n) is 2.82. The molecule has 0 aromatic heterocycles. The van der Waals surface area contributed by atoms with E-state index in [4.69, 9.17) is 0 Å². The summed E-state index contributed by atoms with van der Waals surface area (Å²) in [6.07, 6.45) is 1.92. The van der Waals surface area contributed by atoms with Crippen LogP contribution < -0.4 is 15.5 Å². The lowest BCUT2D eigenvalue weighted by Crippen LogP contribution is -2.37. The lowest BCUT2D eigenvalue weighted by atomic mass is 10.2. The van der Waals surface area contributed by atoms with Gasteiger partial charge >= 0.3 is 0 Å². The molecule has 0 atom stereocenters. The lowest BCUT2D eigenvalue weighted by molar-refractivity contribution is -0.120. The summed E-state index contributed by atoms with van der Waals surface area (Å²) in [5.41, 5.74) is 2.47. The van der Waals surface area contributed by atoms with Crippen molar-refractivity contribution in [3.63, 3.8) is 0 Å². The molecule has 1 aliphatic rings. The zero-order valence-corrected chi connectivity index (χ0v) is 15.4. The summed E-state index contributed by atoms with van der Waals surface area (Å²) in [7, 11) is 0. The highest BCUT2D eigenvalue weighted by atomic mass is 19.1. The van der Waals surface area contributed by atoms with Crippen molar-refractivity contribution in [2.75, 3.05) is 23.3 Å². The average molecular weight is 369 g/mol. The Labute approximate surface area is 158 Å². The predicted octanol–water partition coefficient (Wildman–Crippen LogP) is 3.32. The number of anilines is 2. The van der Waals surface area contributed by atoms with Crippen molar-refractivity contribution in [3.05, 3.63) is 59.9 Å². The summed E-state index contributed by atoms with van der Waals surface area (Å²) in [6, 6.07) is 13.6. The number of carbonyl (C=O) groups excluding carboxylic acids is 2. The molecule has 27 heavy (non-hydrogen) atoms. The minimum atomic E-state index is -0.298. The Morgan fingerprint density at radius 3 is 2.56 bits per heavy atom. The van der Waals surface area contributed by atoms with Gasteiger partial charge in [0.15, 0.2) is 0 Å². The third-order valence-electron chi connectivity index (χ3n) is 4.54. The molecule has 0 spiro atoms. The fraction of sp³-hybridized carbons (Fsp3) is 0.333. The first kappa shape index (κ1) is 18.9. The van der Waals surface area contributed by atoms with Gasteiger partial charge in [0.2, 0.25) is 11.8 Å². The molecule has 6 heteroatoms. The van der Waals surface area contributed by atoms with Gasteiger partial charge in [0.05, 0.1) is 6.54 Å². The Morgan fingerprint density at radius 1 is 1.15 bits per heavy atom. The highest BCUT2D eigenvalue weighted by molar-refractivity contribution is 5.94.